The summed E-state index contributed by atoms with van der Waals surface area (Å²) in [4.78, 5) is 2.70. The van der Waals surface area contributed by atoms with E-state index in [2.05, 4.69) is 45.1 Å². The first-order valence-electron chi connectivity index (χ1n) is 6.98. The van der Waals surface area contributed by atoms with Gasteiger partial charge < -0.3 is 5.73 Å². The third kappa shape index (κ3) is 2.63. The van der Waals surface area contributed by atoms with Crippen molar-refractivity contribution in [3.05, 3.63) is 34.3 Å². The molecule has 0 spiro atoms. The second kappa shape index (κ2) is 5.32. The lowest BCUT2D eigenvalue weighted by atomic mass is 9.82. The molecule has 2 N–H and O–H groups in total. The molecule has 2 atom stereocenters. The van der Waals surface area contributed by atoms with E-state index < -0.39 is 0 Å². The summed E-state index contributed by atoms with van der Waals surface area (Å²) in [5, 5.41) is 0. The Hall–Kier alpha value is -0.380. The number of halogens is 1. The Morgan fingerprint density at radius 2 is 1.72 bits per heavy atom. The van der Waals surface area contributed by atoms with Gasteiger partial charge in [-0.3, -0.25) is 4.90 Å². The van der Waals surface area contributed by atoms with E-state index >= 15 is 0 Å². The fourth-order valence-electron chi connectivity index (χ4n) is 3.58. The first-order chi connectivity index (χ1) is 8.72. The van der Waals surface area contributed by atoms with Crippen molar-refractivity contribution in [3.63, 3.8) is 0 Å². The van der Waals surface area contributed by atoms with Crippen LogP contribution in [-0.2, 0) is 6.54 Å². The molecule has 0 aliphatic carbocycles. The van der Waals surface area contributed by atoms with Crippen molar-refractivity contribution in [3.8, 4) is 0 Å². The minimum atomic E-state index is 0.432. The molecule has 3 rings (SSSR count). The maximum absolute atomic E-state index is 6.17. The molecule has 2 heterocycles. The molecular weight excluding hydrogens is 288 g/mol. The summed E-state index contributed by atoms with van der Waals surface area (Å²) < 4.78 is 1.16. The summed E-state index contributed by atoms with van der Waals surface area (Å²) in [6.07, 6.45) is 6.43. The lowest BCUT2D eigenvalue weighted by Crippen LogP contribution is -2.54. The summed E-state index contributed by atoms with van der Waals surface area (Å²) in [5.41, 5.74) is 7.59. The van der Waals surface area contributed by atoms with E-state index in [0.717, 1.165) is 23.1 Å². The lowest BCUT2D eigenvalue weighted by molar-refractivity contribution is 0.0245. The first kappa shape index (κ1) is 12.6. The van der Waals surface area contributed by atoms with E-state index in [1.807, 2.05) is 0 Å². The van der Waals surface area contributed by atoms with Gasteiger partial charge in [0, 0.05) is 29.1 Å². The van der Waals surface area contributed by atoms with Gasteiger partial charge in [0.2, 0.25) is 0 Å². The summed E-state index contributed by atoms with van der Waals surface area (Å²) in [6.45, 7) is 1.09. The fraction of sp³-hybridized carbons (Fsp3) is 0.600. The third-order valence-corrected chi connectivity index (χ3v) is 4.97. The van der Waals surface area contributed by atoms with Gasteiger partial charge in [0.15, 0.2) is 0 Å². The van der Waals surface area contributed by atoms with Gasteiger partial charge in [-0.1, -0.05) is 34.5 Å². The summed E-state index contributed by atoms with van der Waals surface area (Å²) in [5.74, 6) is 0. The smallest absolute Gasteiger partial charge is 0.0239 e. The molecule has 98 valence electrons. The number of nitrogens with zero attached hydrogens (tertiary/aromatic N) is 1. The van der Waals surface area contributed by atoms with Crippen LogP contribution in [0.4, 0.5) is 0 Å². The molecule has 0 aromatic heterocycles. The molecule has 2 unspecified atom stereocenters. The highest BCUT2D eigenvalue weighted by atomic mass is 79.9. The lowest BCUT2D eigenvalue weighted by Gasteiger charge is -2.48. The van der Waals surface area contributed by atoms with Gasteiger partial charge in [-0.05, 0) is 43.4 Å². The number of nitrogens with two attached hydrogens (primary N) is 1. The molecule has 0 amide bonds. The zero-order valence-electron chi connectivity index (χ0n) is 10.7. The van der Waals surface area contributed by atoms with E-state index in [4.69, 9.17) is 5.73 Å². The second-order valence-corrected chi connectivity index (χ2v) is 6.68. The topological polar surface area (TPSA) is 29.3 Å². The van der Waals surface area contributed by atoms with Crippen molar-refractivity contribution >= 4 is 15.9 Å². The van der Waals surface area contributed by atoms with Gasteiger partial charge in [0.05, 0.1) is 0 Å². The minimum absolute atomic E-state index is 0.432. The van der Waals surface area contributed by atoms with Crippen molar-refractivity contribution < 1.29 is 0 Å². The van der Waals surface area contributed by atoms with Crippen LogP contribution in [0.2, 0.25) is 0 Å². The molecule has 2 bridgehead atoms. The van der Waals surface area contributed by atoms with Gasteiger partial charge in [0.25, 0.3) is 0 Å². The number of benzene rings is 1. The zero-order chi connectivity index (χ0) is 12.5. The van der Waals surface area contributed by atoms with Crippen LogP contribution in [0, 0.1) is 0 Å². The summed E-state index contributed by atoms with van der Waals surface area (Å²) in [6, 6.07) is 10.6. The monoisotopic (exact) mass is 308 g/mol. The van der Waals surface area contributed by atoms with Crippen LogP contribution in [0.5, 0.6) is 0 Å². The van der Waals surface area contributed by atoms with E-state index in [0.29, 0.717) is 6.04 Å². The number of hydrogen-bond acceptors (Lipinski definition) is 2. The normalized spacial score (nSPS) is 32.4. The Balaban J connectivity index is 1.73. The van der Waals surface area contributed by atoms with Gasteiger partial charge in [-0.2, -0.15) is 0 Å². The molecule has 2 nitrogen and oxygen atoms in total. The van der Waals surface area contributed by atoms with Crippen LogP contribution < -0.4 is 5.73 Å². The third-order valence-electron chi connectivity index (χ3n) is 4.44. The van der Waals surface area contributed by atoms with Gasteiger partial charge >= 0.3 is 0 Å². The van der Waals surface area contributed by atoms with Crippen LogP contribution in [0.25, 0.3) is 0 Å². The van der Waals surface area contributed by atoms with Gasteiger partial charge in [-0.25, -0.2) is 0 Å². The van der Waals surface area contributed by atoms with Crippen molar-refractivity contribution in [1.29, 1.82) is 0 Å². The zero-order valence-corrected chi connectivity index (χ0v) is 12.3. The average molecular weight is 309 g/mol. The fourth-order valence-corrected chi connectivity index (χ4v) is 3.84. The van der Waals surface area contributed by atoms with E-state index in [1.54, 1.807) is 0 Å². The van der Waals surface area contributed by atoms with Gasteiger partial charge in [-0.15, -0.1) is 0 Å². The highest BCUT2D eigenvalue weighted by Gasteiger charge is 2.36. The van der Waals surface area contributed by atoms with Crippen LogP contribution >= 0.6 is 15.9 Å². The standard InChI is InChI=1S/C15H21BrN2/c16-12-6-4-11(5-7-12)10-18-14-2-1-3-15(18)9-13(17)8-14/h4-7,13-15H,1-3,8-10,17H2. The molecule has 18 heavy (non-hydrogen) atoms. The number of hydrogen-bond donors (Lipinski definition) is 1. The van der Waals surface area contributed by atoms with E-state index in [9.17, 15) is 0 Å². The summed E-state index contributed by atoms with van der Waals surface area (Å²) in [7, 11) is 0. The predicted octanol–water partition coefficient (Wildman–Crippen LogP) is 3.29. The van der Waals surface area contributed by atoms with E-state index in [1.165, 1.54) is 37.7 Å². The number of piperidine rings is 2. The maximum atomic E-state index is 6.17. The van der Waals surface area contributed by atoms with Crippen LogP contribution in [0.15, 0.2) is 28.7 Å². The molecule has 1 aromatic rings. The molecule has 0 radical (unpaired) electrons. The first-order valence-corrected chi connectivity index (χ1v) is 7.77. The Morgan fingerprint density at radius 1 is 1.11 bits per heavy atom. The van der Waals surface area contributed by atoms with Crippen molar-refractivity contribution in [1.82, 2.24) is 4.90 Å². The molecule has 1 aromatic carbocycles. The van der Waals surface area contributed by atoms with Gasteiger partial charge in [0.1, 0.15) is 0 Å². The van der Waals surface area contributed by atoms with Crippen molar-refractivity contribution in [2.24, 2.45) is 5.73 Å². The highest BCUT2D eigenvalue weighted by molar-refractivity contribution is 9.10. The van der Waals surface area contributed by atoms with Crippen LogP contribution in [0.1, 0.15) is 37.7 Å². The van der Waals surface area contributed by atoms with Crippen molar-refractivity contribution in [2.45, 2.75) is 56.8 Å². The molecular formula is C15H21BrN2. The molecule has 2 aliphatic heterocycles. The summed E-state index contributed by atoms with van der Waals surface area (Å²) >= 11 is 3.50. The number of fused-ring (bicyclic) bond motifs is 2. The Morgan fingerprint density at radius 3 is 2.33 bits per heavy atom. The molecule has 3 heteroatoms. The van der Waals surface area contributed by atoms with Crippen LogP contribution in [0.3, 0.4) is 0 Å². The van der Waals surface area contributed by atoms with Crippen LogP contribution in [-0.4, -0.2) is 23.0 Å². The molecule has 2 aliphatic rings. The molecule has 2 fully saturated rings. The maximum Gasteiger partial charge on any atom is 0.0239 e. The second-order valence-electron chi connectivity index (χ2n) is 5.77. The SMILES string of the molecule is NC1CC2CCCC(C1)N2Cc1ccc(Br)cc1. The highest BCUT2D eigenvalue weighted by Crippen LogP contribution is 2.34. The van der Waals surface area contributed by atoms with Crippen molar-refractivity contribution in [2.75, 3.05) is 0 Å². The molecule has 2 saturated heterocycles. The number of rotatable bonds is 2. The minimum Gasteiger partial charge on any atom is -0.328 e. The quantitative estimate of drug-likeness (QED) is 0.908. The average Bonchev–Trinajstić information content (AvgIpc) is 2.33. The Bertz CT molecular complexity index is 389. The predicted molar refractivity (Wildman–Crippen MR) is 78.3 cm³/mol. The Labute approximate surface area is 118 Å². The Kier molecular flexibility index (Phi) is 3.73. The van der Waals surface area contributed by atoms with E-state index in [-0.39, 0.29) is 0 Å². The molecule has 0 saturated carbocycles. The largest absolute Gasteiger partial charge is 0.328 e.